The molecule has 0 saturated carbocycles. The van der Waals surface area contributed by atoms with E-state index < -0.39 is 12.1 Å². The molecule has 0 heterocycles. The van der Waals surface area contributed by atoms with E-state index in [1.807, 2.05) is 0 Å². The summed E-state index contributed by atoms with van der Waals surface area (Å²) in [6.45, 7) is 3.00. The third-order valence-corrected chi connectivity index (χ3v) is 3.22. The number of hydrogen-bond donors (Lipinski definition) is 1. The number of carboxylic acid groups (broad SMARTS) is 1. The summed E-state index contributed by atoms with van der Waals surface area (Å²) in [4.78, 5) is 10.6. The minimum Gasteiger partial charge on any atom is -0.479 e. The van der Waals surface area contributed by atoms with Gasteiger partial charge < -0.3 is 14.6 Å². The second kappa shape index (κ2) is 13.8. The van der Waals surface area contributed by atoms with E-state index in [-0.39, 0.29) is 6.61 Å². The Balaban J connectivity index is 3.16. The highest BCUT2D eigenvalue weighted by Gasteiger charge is 2.15. The second-order valence-electron chi connectivity index (χ2n) is 4.97. The van der Waals surface area contributed by atoms with E-state index in [9.17, 15) is 4.79 Å². The third-order valence-electron chi connectivity index (χ3n) is 3.22. The van der Waals surface area contributed by atoms with Crippen molar-refractivity contribution in [3.8, 4) is 0 Å². The smallest absolute Gasteiger partial charge is 0.335 e. The fraction of sp³-hybridized carbons (Fsp3) is 0.933. The highest BCUT2D eigenvalue weighted by molar-refractivity contribution is 5.72. The summed E-state index contributed by atoms with van der Waals surface area (Å²) in [7, 11) is 1.39. The summed E-state index contributed by atoms with van der Waals surface area (Å²) in [5.41, 5.74) is 0. The van der Waals surface area contributed by atoms with Crippen molar-refractivity contribution in [1.29, 1.82) is 0 Å². The van der Waals surface area contributed by atoms with Gasteiger partial charge in [0, 0.05) is 13.7 Å². The van der Waals surface area contributed by atoms with Crippen molar-refractivity contribution in [2.24, 2.45) is 0 Å². The maximum absolute atomic E-state index is 10.6. The van der Waals surface area contributed by atoms with Crippen LogP contribution in [0.5, 0.6) is 0 Å². The Kier molecular flexibility index (Phi) is 13.4. The van der Waals surface area contributed by atoms with Gasteiger partial charge in [-0.15, -0.1) is 0 Å². The molecule has 1 N–H and O–H groups in total. The Morgan fingerprint density at radius 3 is 2.00 bits per heavy atom. The van der Waals surface area contributed by atoms with Crippen LogP contribution >= 0.6 is 0 Å². The number of methoxy groups -OCH3 is 1. The SMILES string of the molecule is CCCCCCCCCCCOCC(OC)C(=O)O. The Bertz CT molecular complexity index is 206. The van der Waals surface area contributed by atoms with E-state index in [0.29, 0.717) is 6.61 Å². The Labute approximate surface area is 117 Å². The van der Waals surface area contributed by atoms with Crippen molar-refractivity contribution in [1.82, 2.24) is 0 Å². The van der Waals surface area contributed by atoms with Gasteiger partial charge in [0.15, 0.2) is 6.10 Å². The van der Waals surface area contributed by atoms with Crippen molar-refractivity contribution in [3.63, 3.8) is 0 Å². The molecular formula is C15H30O4. The van der Waals surface area contributed by atoms with Crippen LogP contribution < -0.4 is 0 Å². The quantitative estimate of drug-likeness (QED) is 0.491. The molecule has 1 atom stereocenters. The summed E-state index contributed by atoms with van der Waals surface area (Å²) < 4.78 is 10.1. The van der Waals surface area contributed by atoms with E-state index in [2.05, 4.69) is 6.92 Å². The maximum atomic E-state index is 10.6. The van der Waals surface area contributed by atoms with Crippen molar-refractivity contribution in [2.75, 3.05) is 20.3 Å². The van der Waals surface area contributed by atoms with E-state index in [0.717, 1.165) is 6.42 Å². The molecule has 0 aliphatic carbocycles. The Morgan fingerprint density at radius 2 is 1.53 bits per heavy atom. The van der Waals surface area contributed by atoms with Gasteiger partial charge in [0.2, 0.25) is 0 Å². The highest BCUT2D eigenvalue weighted by Crippen LogP contribution is 2.09. The summed E-state index contributed by atoms with van der Waals surface area (Å²) in [6, 6.07) is 0. The predicted octanol–water partition coefficient (Wildman–Crippen LogP) is 3.63. The first-order valence-electron chi connectivity index (χ1n) is 7.55. The highest BCUT2D eigenvalue weighted by atomic mass is 16.5. The van der Waals surface area contributed by atoms with Crippen LogP contribution in [0.1, 0.15) is 64.7 Å². The van der Waals surface area contributed by atoms with Crippen LogP contribution in [0.25, 0.3) is 0 Å². The van der Waals surface area contributed by atoms with Crippen molar-refractivity contribution < 1.29 is 19.4 Å². The fourth-order valence-electron chi connectivity index (χ4n) is 1.95. The molecule has 0 saturated heterocycles. The van der Waals surface area contributed by atoms with Crippen LogP contribution in [0, 0.1) is 0 Å². The largest absolute Gasteiger partial charge is 0.479 e. The van der Waals surface area contributed by atoms with Gasteiger partial charge in [-0.2, -0.15) is 0 Å². The summed E-state index contributed by atoms with van der Waals surface area (Å²) in [5.74, 6) is -0.963. The van der Waals surface area contributed by atoms with Gasteiger partial charge in [-0.3, -0.25) is 0 Å². The van der Waals surface area contributed by atoms with Crippen LogP contribution in [0.2, 0.25) is 0 Å². The van der Waals surface area contributed by atoms with Crippen LogP contribution in [-0.4, -0.2) is 37.5 Å². The van der Waals surface area contributed by atoms with E-state index >= 15 is 0 Å². The topological polar surface area (TPSA) is 55.8 Å². The lowest BCUT2D eigenvalue weighted by atomic mass is 10.1. The molecule has 0 fully saturated rings. The number of unbranched alkanes of at least 4 members (excludes halogenated alkanes) is 8. The minimum absolute atomic E-state index is 0.142. The van der Waals surface area contributed by atoms with Crippen LogP contribution in [-0.2, 0) is 14.3 Å². The molecule has 4 heteroatoms. The molecule has 0 bridgehead atoms. The van der Waals surface area contributed by atoms with Crippen LogP contribution in [0.3, 0.4) is 0 Å². The average Bonchev–Trinajstić information content (AvgIpc) is 2.40. The molecule has 0 spiro atoms. The van der Waals surface area contributed by atoms with Gasteiger partial charge in [0.05, 0.1) is 6.61 Å². The molecule has 0 aromatic heterocycles. The van der Waals surface area contributed by atoms with Gasteiger partial charge in [-0.25, -0.2) is 4.79 Å². The lowest BCUT2D eigenvalue weighted by molar-refractivity contribution is -0.152. The van der Waals surface area contributed by atoms with Gasteiger partial charge in [0.25, 0.3) is 0 Å². The summed E-state index contributed by atoms with van der Waals surface area (Å²) in [5, 5.41) is 8.73. The fourth-order valence-corrected chi connectivity index (χ4v) is 1.95. The molecular weight excluding hydrogens is 244 g/mol. The first-order valence-corrected chi connectivity index (χ1v) is 7.55. The van der Waals surface area contributed by atoms with Gasteiger partial charge in [-0.1, -0.05) is 58.3 Å². The number of hydrogen-bond acceptors (Lipinski definition) is 3. The molecule has 19 heavy (non-hydrogen) atoms. The maximum Gasteiger partial charge on any atom is 0.335 e. The standard InChI is InChI=1S/C15H30O4/c1-3-4-5-6-7-8-9-10-11-12-19-13-14(18-2)15(16)17/h14H,3-13H2,1-2H3,(H,16,17). The first kappa shape index (κ1) is 18.4. The van der Waals surface area contributed by atoms with Gasteiger partial charge in [0.1, 0.15) is 0 Å². The molecule has 0 aromatic carbocycles. The third kappa shape index (κ3) is 12.2. The number of aliphatic carboxylic acids is 1. The average molecular weight is 274 g/mol. The molecule has 0 radical (unpaired) electrons. The zero-order chi connectivity index (χ0) is 14.3. The minimum atomic E-state index is -0.963. The molecule has 0 aromatic rings. The van der Waals surface area contributed by atoms with Crippen molar-refractivity contribution in [2.45, 2.75) is 70.8 Å². The number of carbonyl (C=O) groups is 1. The molecule has 0 aliphatic rings. The van der Waals surface area contributed by atoms with E-state index in [1.54, 1.807) is 0 Å². The normalized spacial score (nSPS) is 12.5. The molecule has 114 valence electrons. The molecule has 4 nitrogen and oxygen atoms in total. The zero-order valence-electron chi connectivity index (χ0n) is 12.5. The number of rotatable bonds is 14. The van der Waals surface area contributed by atoms with Crippen molar-refractivity contribution in [3.05, 3.63) is 0 Å². The molecule has 0 rings (SSSR count). The predicted molar refractivity (Wildman–Crippen MR) is 76.5 cm³/mol. The van der Waals surface area contributed by atoms with E-state index in [4.69, 9.17) is 14.6 Å². The van der Waals surface area contributed by atoms with Gasteiger partial charge in [-0.05, 0) is 6.42 Å². The molecule has 0 aliphatic heterocycles. The Morgan fingerprint density at radius 1 is 1.00 bits per heavy atom. The molecule has 0 amide bonds. The van der Waals surface area contributed by atoms with Gasteiger partial charge >= 0.3 is 5.97 Å². The number of carboxylic acids is 1. The monoisotopic (exact) mass is 274 g/mol. The zero-order valence-corrected chi connectivity index (χ0v) is 12.5. The van der Waals surface area contributed by atoms with E-state index in [1.165, 1.54) is 58.5 Å². The van der Waals surface area contributed by atoms with Crippen LogP contribution in [0.15, 0.2) is 0 Å². The second-order valence-corrected chi connectivity index (χ2v) is 4.97. The Hall–Kier alpha value is -0.610. The first-order chi connectivity index (χ1) is 9.22. The molecule has 1 unspecified atom stereocenters. The lowest BCUT2D eigenvalue weighted by Crippen LogP contribution is -2.28. The summed E-state index contributed by atoms with van der Waals surface area (Å²) in [6.07, 6.45) is 10.6. The van der Waals surface area contributed by atoms with Crippen molar-refractivity contribution >= 4 is 5.97 Å². The van der Waals surface area contributed by atoms with Crippen LogP contribution in [0.4, 0.5) is 0 Å². The lowest BCUT2D eigenvalue weighted by Gasteiger charge is -2.10. The number of ether oxygens (including phenoxy) is 2. The summed E-state index contributed by atoms with van der Waals surface area (Å²) >= 11 is 0.